The highest BCUT2D eigenvalue weighted by Crippen LogP contribution is 2.22. The van der Waals surface area contributed by atoms with Gasteiger partial charge in [-0.25, -0.2) is 0 Å². The van der Waals surface area contributed by atoms with Gasteiger partial charge in [0.25, 0.3) is 0 Å². The number of aromatic nitrogens is 2. The van der Waals surface area contributed by atoms with Crippen LogP contribution in [0, 0.1) is 6.92 Å². The van der Waals surface area contributed by atoms with Crippen LogP contribution < -0.4 is 5.32 Å². The van der Waals surface area contributed by atoms with Gasteiger partial charge in [0.1, 0.15) is 0 Å². The number of nitrogens with zero attached hydrogens (tertiary/aromatic N) is 2. The fourth-order valence-electron chi connectivity index (χ4n) is 1.96. The van der Waals surface area contributed by atoms with E-state index >= 15 is 0 Å². The van der Waals surface area contributed by atoms with E-state index in [0.717, 1.165) is 5.69 Å². The van der Waals surface area contributed by atoms with Gasteiger partial charge >= 0.3 is 0 Å². The topological polar surface area (TPSA) is 29.9 Å². The molecule has 0 aliphatic carbocycles. The third-order valence-corrected chi connectivity index (χ3v) is 2.82. The Bertz CT molecular complexity index is 474. The van der Waals surface area contributed by atoms with Gasteiger partial charge < -0.3 is 5.32 Å². The first-order valence-electron chi connectivity index (χ1n) is 5.44. The molecule has 0 bridgehead atoms. The summed E-state index contributed by atoms with van der Waals surface area (Å²) in [7, 11) is 3.90. The Morgan fingerprint density at radius 2 is 2.00 bits per heavy atom. The molecule has 0 aliphatic heterocycles. The van der Waals surface area contributed by atoms with E-state index in [4.69, 9.17) is 0 Å². The molecule has 0 aliphatic rings. The fourth-order valence-corrected chi connectivity index (χ4v) is 1.96. The van der Waals surface area contributed by atoms with Crippen LogP contribution in [-0.2, 0) is 7.05 Å². The monoisotopic (exact) mass is 215 g/mol. The van der Waals surface area contributed by atoms with E-state index in [1.807, 2.05) is 31.0 Å². The SMILES string of the molecule is CNC(c1ccn(C)n1)c1ccccc1C. The number of hydrogen-bond acceptors (Lipinski definition) is 2. The molecule has 2 aromatic rings. The summed E-state index contributed by atoms with van der Waals surface area (Å²) in [6.07, 6.45) is 1.97. The Balaban J connectivity index is 2.40. The Labute approximate surface area is 96.1 Å². The molecule has 1 aromatic heterocycles. The Morgan fingerprint density at radius 3 is 2.56 bits per heavy atom. The quantitative estimate of drug-likeness (QED) is 0.849. The Kier molecular flexibility index (Phi) is 3.06. The summed E-state index contributed by atoms with van der Waals surface area (Å²) in [5, 5.41) is 7.77. The van der Waals surface area contributed by atoms with E-state index < -0.39 is 0 Å². The zero-order valence-electron chi connectivity index (χ0n) is 9.94. The Morgan fingerprint density at radius 1 is 1.25 bits per heavy atom. The summed E-state index contributed by atoms with van der Waals surface area (Å²) in [6, 6.07) is 10.6. The zero-order valence-corrected chi connectivity index (χ0v) is 9.94. The minimum absolute atomic E-state index is 0.169. The van der Waals surface area contributed by atoms with Crippen LogP contribution in [0.5, 0.6) is 0 Å². The van der Waals surface area contributed by atoms with Crippen molar-refractivity contribution < 1.29 is 0 Å². The summed E-state index contributed by atoms with van der Waals surface area (Å²) in [6.45, 7) is 2.13. The van der Waals surface area contributed by atoms with E-state index in [2.05, 4.69) is 41.6 Å². The normalized spacial score (nSPS) is 12.7. The molecule has 0 radical (unpaired) electrons. The van der Waals surface area contributed by atoms with Gasteiger partial charge in [-0.1, -0.05) is 24.3 Å². The molecule has 0 spiro atoms. The molecule has 1 atom stereocenters. The van der Waals surface area contributed by atoms with Crippen molar-refractivity contribution >= 4 is 0 Å². The molecule has 1 unspecified atom stereocenters. The highest BCUT2D eigenvalue weighted by Gasteiger charge is 2.15. The summed E-state index contributed by atoms with van der Waals surface area (Å²) < 4.78 is 1.83. The number of rotatable bonds is 3. The van der Waals surface area contributed by atoms with Gasteiger partial charge in [0.2, 0.25) is 0 Å². The van der Waals surface area contributed by atoms with Gasteiger partial charge in [-0.05, 0) is 31.2 Å². The lowest BCUT2D eigenvalue weighted by Gasteiger charge is -2.16. The van der Waals surface area contributed by atoms with Gasteiger partial charge in [0, 0.05) is 13.2 Å². The van der Waals surface area contributed by atoms with Crippen molar-refractivity contribution in [2.75, 3.05) is 7.05 Å². The molecule has 2 rings (SSSR count). The summed E-state index contributed by atoms with van der Waals surface area (Å²) in [5.41, 5.74) is 3.62. The maximum Gasteiger partial charge on any atom is 0.0839 e. The molecule has 16 heavy (non-hydrogen) atoms. The van der Waals surface area contributed by atoms with Gasteiger partial charge in [0.15, 0.2) is 0 Å². The average molecular weight is 215 g/mol. The minimum Gasteiger partial charge on any atom is -0.308 e. The second-order valence-corrected chi connectivity index (χ2v) is 3.99. The molecule has 3 heteroatoms. The first kappa shape index (κ1) is 10.9. The molecule has 3 nitrogen and oxygen atoms in total. The van der Waals surface area contributed by atoms with Crippen LogP contribution in [0.1, 0.15) is 22.9 Å². The highest BCUT2D eigenvalue weighted by molar-refractivity contribution is 5.33. The molecule has 0 saturated heterocycles. The van der Waals surface area contributed by atoms with Crippen molar-refractivity contribution in [3.8, 4) is 0 Å². The number of benzene rings is 1. The van der Waals surface area contributed by atoms with E-state index in [9.17, 15) is 0 Å². The number of aryl methyl sites for hydroxylation is 2. The molecule has 84 valence electrons. The van der Waals surface area contributed by atoms with E-state index in [-0.39, 0.29) is 6.04 Å². The van der Waals surface area contributed by atoms with Crippen molar-refractivity contribution in [1.29, 1.82) is 0 Å². The van der Waals surface area contributed by atoms with E-state index in [1.165, 1.54) is 11.1 Å². The maximum absolute atomic E-state index is 4.45. The average Bonchev–Trinajstić information content (AvgIpc) is 2.69. The van der Waals surface area contributed by atoms with Crippen molar-refractivity contribution in [3.63, 3.8) is 0 Å². The molecular formula is C13H17N3. The molecule has 0 fully saturated rings. The van der Waals surface area contributed by atoms with Crippen molar-refractivity contribution in [1.82, 2.24) is 15.1 Å². The third-order valence-electron chi connectivity index (χ3n) is 2.82. The van der Waals surface area contributed by atoms with Gasteiger partial charge in [-0.2, -0.15) is 5.10 Å². The first-order valence-corrected chi connectivity index (χ1v) is 5.44. The van der Waals surface area contributed by atoms with Gasteiger partial charge in [-0.15, -0.1) is 0 Å². The fraction of sp³-hybridized carbons (Fsp3) is 0.308. The summed E-state index contributed by atoms with van der Waals surface area (Å²) in [4.78, 5) is 0. The van der Waals surface area contributed by atoms with Crippen LogP contribution in [0.15, 0.2) is 36.5 Å². The molecule has 0 saturated carbocycles. The third kappa shape index (κ3) is 1.99. The van der Waals surface area contributed by atoms with E-state index in [1.54, 1.807) is 0 Å². The molecule has 1 aromatic carbocycles. The number of hydrogen-bond donors (Lipinski definition) is 1. The minimum atomic E-state index is 0.169. The highest BCUT2D eigenvalue weighted by atomic mass is 15.3. The van der Waals surface area contributed by atoms with Crippen LogP contribution >= 0.6 is 0 Å². The van der Waals surface area contributed by atoms with Gasteiger partial charge in [0.05, 0.1) is 11.7 Å². The molecule has 1 heterocycles. The predicted octanol–water partition coefficient (Wildman–Crippen LogP) is 2.04. The molecule has 0 amide bonds. The van der Waals surface area contributed by atoms with Crippen molar-refractivity contribution in [3.05, 3.63) is 53.3 Å². The van der Waals surface area contributed by atoms with Crippen molar-refractivity contribution in [2.45, 2.75) is 13.0 Å². The lowest BCUT2D eigenvalue weighted by Crippen LogP contribution is -2.19. The van der Waals surface area contributed by atoms with Crippen LogP contribution in [0.25, 0.3) is 0 Å². The summed E-state index contributed by atoms with van der Waals surface area (Å²) >= 11 is 0. The largest absolute Gasteiger partial charge is 0.308 e. The lowest BCUT2D eigenvalue weighted by atomic mass is 9.99. The first-order chi connectivity index (χ1) is 7.72. The molecule has 1 N–H and O–H groups in total. The second-order valence-electron chi connectivity index (χ2n) is 3.99. The number of nitrogens with one attached hydrogen (secondary N) is 1. The van der Waals surface area contributed by atoms with Gasteiger partial charge in [-0.3, -0.25) is 4.68 Å². The predicted molar refractivity (Wildman–Crippen MR) is 65.3 cm³/mol. The summed E-state index contributed by atoms with van der Waals surface area (Å²) in [5.74, 6) is 0. The van der Waals surface area contributed by atoms with Crippen LogP contribution in [0.2, 0.25) is 0 Å². The molecular weight excluding hydrogens is 198 g/mol. The zero-order chi connectivity index (χ0) is 11.5. The maximum atomic E-state index is 4.45. The Hall–Kier alpha value is -1.61. The van der Waals surface area contributed by atoms with Crippen LogP contribution in [-0.4, -0.2) is 16.8 Å². The smallest absolute Gasteiger partial charge is 0.0839 e. The second kappa shape index (κ2) is 4.49. The standard InChI is InChI=1S/C13H17N3/c1-10-6-4-5-7-11(10)13(14-2)12-8-9-16(3)15-12/h4-9,13-14H,1-3H3. The van der Waals surface area contributed by atoms with Crippen LogP contribution in [0.3, 0.4) is 0 Å². The van der Waals surface area contributed by atoms with Crippen molar-refractivity contribution in [2.24, 2.45) is 7.05 Å². The van der Waals surface area contributed by atoms with Crippen LogP contribution in [0.4, 0.5) is 0 Å². The lowest BCUT2D eigenvalue weighted by molar-refractivity contribution is 0.639. The van der Waals surface area contributed by atoms with E-state index in [0.29, 0.717) is 0 Å².